The largest absolute Gasteiger partial charge is 0.363 e. The monoisotopic (exact) mass is 305 g/mol. The lowest BCUT2D eigenvalue weighted by atomic mass is 10.1. The molecule has 2 rings (SSSR count). The number of nitrogens with one attached hydrogen (secondary N) is 2. The Hall–Kier alpha value is -1.62. The average molecular weight is 305 g/mol. The van der Waals surface area contributed by atoms with Crippen LogP contribution in [0.25, 0.3) is 0 Å². The molecule has 1 aromatic carbocycles. The van der Waals surface area contributed by atoms with Gasteiger partial charge < -0.3 is 15.5 Å². The molecule has 1 heterocycles. The van der Waals surface area contributed by atoms with Crippen molar-refractivity contribution in [2.24, 2.45) is 0 Å². The summed E-state index contributed by atoms with van der Waals surface area (Å²) in [6.45, 7) is 3.39. The standard InChI is InChI=1S/C16H23N3OS/c20-15-8-4-12-19(15)13-5-10-17-16(21)18-11-9-14-6-2-1-3-7-14/h1-3,6-7H,4-5,8-13H2,(H2,17,18,21). The minimum absolute atomic E-state index is 0.290. The van der Waals surface area contributed by atoms with E-state index in [-0.39, 0.29) is 0 Å². The van der Waals surface area contributed by atoms with Crippen molar-refractivity contribution >= 4 is 23.2 Å². The highest BCUT2D eigenvalue weighted by Gasteiger charge is 2.18. The van der Waals surface area contributed by atoms with Crippen LogP contribution in [0.4, 0.5) is 0 Å². The van der Waals surface area contributed by atoms with Gasteiger partial charge in [-0.2, -0.15) is 0 Å². The number of nitrogens with zero attached hydrogens (tertiary/aromatic N) is 1. The van der Waals surface area contributed by atoms with Crippen LogP contribution in [0.3, 0.4) is 0 Å². The number of carbonyl (C=O) groups is 1. The van der Waals surface area contributed by atoms with E-state index in [2.05, 4.69) is 22.8 Å². The quantitative estimate of drug-likeness (QED) is 0.594. The van der Waals surface area contributed by atoms with Crippen LogP contribution in [-0.4, -0.2) is 42.1 Å². The topological polar surface area (TPSA) is 44.4 Å². The molecular formula is C16H23N3OS. The third-order valence-corrected chi connectivity index (χ3v) is 3.89. The summed E-state index contributed by atoms with van der Waals surface area (Å²) in [4.78, 5) is 13.4. The SMILES string of the molecule is O=C1CCCN1CCCNC(=S)NCCc1ccccc1. The van der Waals surface area contributed by atoms with Gasteiger partial charge in [0.1, 0.15) is 0 Å². The molecular weight excluding hydrogens is 282 g/mol. The predicted molar refractivity (Wildman–Crippen MR) is 89.2 cm³/mol. The van der Waals surface area contributed by atoms with Crippen molar-refractivity contribution in [3.8, 4) is 0 Å². The van der Waals surface area contributed by atoms with Crippen LogP contribution in [0.5, 0.6) is 0 Å². The van der Waals surface area contributed by atoms with E-state index in [9.17, 15) is 4.79 Å². The number of benzene rings is 1. The highest BCUT2D eigenvalue weighted by atomic mass is 32.1. The fraction of sp³-hybridized carbons (Fsp3) is 0.500. The molecule has 0 atom stereocenters. The molecule has 1 aliphatic rings. The highest BCUT2D eigenvalue weighted by Crippen LogP contribution is 2.09. The second-order valence-electron chi connectivity index (χ2n) is 5.26. The number of hydrogen-bond acceptors (Lipinski definition) is 2. The third-order valence-electron chi connectivity index (χ3n) is 3.60. The molecule has 0 bridgehead atoms. The van der Waals surface area contributed by atoms with Crippen molar-refractivity contribution in [3.05, 3.63) is 35.9 Å². The summed E-state index contributed by atoms with van der Waals surface area (Å²) < 4.78 is 0. The summed E-state index contributed by atoms with van der Waals surface area (Å²) in [6, 6.07) is 10.3. The maximum atomic E-state index is 11.4. The van der Waals surface area contributed by atoms with Crippen LogP contribution in [0.1, 0.15) is 24.8 Å². The van der Waals surface area contributed by atoms with Crippen LogP contribution in [-0.2, 0) is 11.2 Å². The number of hydrogen-bond donors (Lipinski definition) is 2. The normalized spacial score (nSPS) is 14.3. The van der Waals surface area contributed by atoms with E-state index in [0.717, 1.165) is 45.4 Å². The lowest BCUT2D eigenvalue weighted by molar-refractivity contribution is -0.127. The summed E-state index contributed by atoms with van der Waals surface area (Å²) in [5.41, 5.74) is 1.31. The van der Waals surface area contributed by atoms with Crippen molar-refractivity contribution in [1.82, 2.24) is 15.5 Å². The van der Waals surface area contributed by atoms with Gasteiger partial charge in [-0.15, -0.1) is 0 Å². The first-order chi connectivity index (χ1) is 10.3. The van der Waals surface area contributed by atoms with E-state index in [1.807, 2.05) is 23.1 Å². The number of amides is 1. The van der Waals surface area contributed by atoms with Gasteiger partial charge in [0, 0.05) is 32.6 Å². The highest BCUT2D eigenvalue weighted by molar-refractivity contribution is 7.80. The number of carbonyl (C=O) groups excluding carboxylic acids is 1. The molecule has 2 N–H and O–H groups in total. The first kappa shape index (κ1) is 15.8. The first-order valence-electron chi connectivity index (χ1n) is 7.59. The van der Waals surface area contributed by atoms with Gasteiger partial charge in [-0.05, 0) is 37.0 Å². The molecule has 114 valence electrons. The van der Waals surface area contributed by atoms with Gasteiger partial charge in [0.2, 0.25) is 5.91 Å². The van der Waals surface area contributed by atoms with E-state index in [1.165, 1.54) is 5.56 Å². The fourth-order valence-electron chi connectivity index (χ4n) is 2.44. The molecule has 0 aliphatic carbocycles. The van der Waals surface area contributed by atoms with Gasteiger partial charge in [0.05, 0.1) is 0 Å². The van der Waals surface area contributed by atoms with Gasteiger partial charge >= 0.3 is 0 Å². The zero-order chi connectivity index (χ0) is 14.9. The molecule has 0 aromatic heterocycles. The molecule has 0 spiro atoms. The van der Waals surface area contributed by atoms with Gasteiger partial charge in [0.15, 0.2) is 5.11 Å². The molecule has 1 saturated heterocycles. The van der Waals surface area contributed by atoms with E-state index < -0.39 is 0 Å². The van der Waals surface area contributed by atoms with Crippen LogP contribution in [0.2, 0.25) is 0 Å². The van der Waals surface area contributed by atoms with Gasteiger partial charge in [0.25, 0.3) is 0 Å². The van der Waals surface area contributed by atoms with E-state index in [1.54, 1.807) is 0 Å². The molecule has 5 heteroatoms. The second-order valence-corrected chi connectivity index (χ2v) is 5.66. The molecule has 1 aromatic rings. The Balaban J connectivity index is 1.50. The Bertz CT molecular complexity index is 464. The summed E-state index contributed by atoms with van der Waals surface area (Å²) in [5.74, 6) is 0.290. The molecule has 1 fully saturated rings. The fourth-order valence-corrected chi connectivity index (χ4v) is 2.64. The lowest BCUT2D eigenvalue weighted by Gasteiger charge is -2.16. The lowest BCUT2D eigenvalue weighted by Crippen LogP contribution is -2.38. The van der Waals surface area contributed by atoms with E-state index in [4.69, 9.17) is 12.2 Å². The third kappa shape index (κ3) is 5.71. The van der Waals surface area contributed by atoms with E-state index in [0.29, 0.717) is 17.4 Å². The van der Waals surface area contributed by atoms with Crippen molar-refractivity contribution < 1.29 is 4.79 Å². The molecule has 1 amide bonds. The van der Waals surface area contributed by atoms with E-state index >= 15 is 0 Å². The van der Waals surface area contributed by atoms with Gasteiger partial charge in [-0.1, -0.05) is 30.3 Å². The predicted octanol–water partition coefficient (Wildman–Crippen LogP) is 1.71. The molecule has 1 aliphatic heterocycles. The maximum absolute atomic E-state index is 11.4. The maximum Gasteiger partial charge on any atom is 0.222 e. The second kappa shape index (κ2) is 8.62. The number of rotatable bonds is 7. The van der Waals surface area contributed by atoms with Crippen molar-refractivity contribution in [2.45, 2.75) is 25.7 Å². The molecule has 0 saturated carbocycles. The Morgan fingerprint density at radius 3 is 2.67 bits per heavy atom. The van der Waals surface area contributed by atoms with Crippen molar-refractivity contribution in [1.29, 1.82) is 0 Å². The van der Waals surface area contributed by atoms with Crippen molar-refractivity contribution in [3.63, 3.8) is 0 Å². The summed E-state index contributed by atoms with van der Waals surface area (Å²) in [5, 5.41) is 7.09. The zero-order valence-electron chi connectivity index (χ0n) is 12.3. The number of likely N-dealkylation sites (tertiary alicyclic amines) is 1. The van der Waals surface area contributed by atoms with Crippen LogP contribution in [0.15, 0.2) is 30.3 Å². The molecule has 21 heavy (non-hydrogen) atoms. The molecule has 4 nitrogen and oxygen atoms in total. The average Bonchev–Trinajstić information content (AvgIpc) is 2.90. The van der Waals surface area contributed by atoms with Crippen LogP contribution >= 0.6 is 12.2 Å². The zero-order valence-corrected chi connectivity index (χ0v) is 13.1. The van der Waals surface area contributed by atoms with Crippen molar-refractivity contribution in [2.75, 3.05) is 26.2 Å². The van der Waals surface area contributed by atoms with Crippen LogP contribution in [0, 0.1) is 0 Å². The van der Waals surface area contributed by atoms with Gasteiger partial charge in [-0.25, -0.2) is 0 Å². The Morgan fingerprint density at radius 2 is 1.95 bits per heavy atom. The Kier molecular flexibility index (Phi) is 6.47. The first-order valence-corrected chi connectivity index (χ1v) is 8.00. The Morgan fingerprint density at radius 1 is 1.19 bits per heavy atom. The minimum atomic E-state index is 0.290. The molecule has 0 unspecified atom stereocenters. The van der Waals surface area contributed by atoms with Gasteiger partial charge in [-0.3, -0.25) is 4.79 Å². The molecule has 0 radical (unpaired) electrons. The number of thiocarbonyl (C=S) groups is 1. The van der Waals surface area contributed by atoms with Crippen LogP contribution < -0.4 is 10.6 Å². The summed E-state index contributed by atoms with van der Waals surface area (Å²) >= 11 is 5.24. The Labute approximate surface area is 131 Å². The smallest absolute Gasteiger partial charge is 0.222 e. The summed E-state index contributed by atoms with van der Waals surface area (Å²) in [7, 11) is 0. The minimum Gasteiger partial charge on any atom is -0.363 e. The summed E-state index contributed by atoms with van der Waals surface area (Å²) in [6.07, 6.45) is 3.62.